The van der Waals surface area contributed by atoms with Crippen molar-refractivity contribution in [3.05, 3.63) is 35.5 Å². The van der Waals surface area contributed by atoms with E-state index in [1.165, 1.54) is 0 Å². The van der Waals surface area contributed by atoms with Crippen molar-refractivity contribution < 1.29 is 9.68 Å². The van der Waals surface area contributed by atoms with Crippen molar-refractivity contribution in [2.24, 2.45) is 5.92 Å². The van der Waals surface area contributed by atoms with Crippen molar-refractivity contribution in [2.45, 2.75) is 58.1 Å². The average molecular weight is 391 g/mol. The van der Waals surface area contributed by atoms with Gasteiger partial charge in [0.25, 0.3) is 0 Å². The maximum absolute atomic E-state index is 10.1. The molecule has 1 aromatic carbocycles. The third-order valence-corrected chi connectivity index (χ3v) is 5.86. The highest BCUT2D eigenvalue weighted by molar-refractivity contribution is 6.62. The van der Waals surface area contributed by atoms with Crippen LogP contribution in [0.3, 0.4) is 0 Å². The van der Waals surface area contributed by atoms with E-state index in [-0.39, 0.29) is 12.0 Å². The Bertz CT molecular complexity index is 959. The molecule has 7 nitrogen and oxygen atoms in total. The van der Waals surface area contributed by atoms with Crippen molar-refractivity contribution in [3.63, 3.8) is 0 Å². The Morgan fingerprint density at radius 3 is 2.90 bits per heavy atom. The number of hydrogen-bond acceptors (Lipinski definition) is 7. The molecule has 0 saturated heterocycles. The Hall–Kier alpha value is -2.63. The Morgan fingerprint density at radius 1 is 1.31 bits per heavy atom. The van der Waals surface area contributed by atoms with Crippen LogP contribution in [-0.2, 0) is 10.3 Å². The summed E-state index contributed by atoms with van der Waals surface area (Å²) >= 11 is 0. The van der Waals surface area contributed by atoms with Gasteiger partial charge in [0, 0.05) is 23.5 Å². The predicted octanol–water partition coefficient (Wildman–Crippen LogP) is 2.98. The van der Waals surface area contributed by atoms with Gasteiger partial charge in [-0.05, 0) is 56.8 Å². The Labute approximate surface area is 171 Å². The maximum Gasteiger partial charge on any atom is 0.492 e. The molecule has 1 aromatic heterocycles. The fraction of sp³-hybridized carbons (Fsp3) is 0.476. The Morgan fingerprint density at radius 2 is 2.10 bits per heavy atom. The van der Waals surface area contributed by atoms with Crippen LogP contribution >= 0.6 is 0 Å². The lowest BCUT2D eigenvalue weighted by atomic mass is 9.78. The molecule has 1 saturated carbocycles. The molecule has 4 rings (SSSR count). The lowest BCUT2D eigenvalue weighted by Crippen LogP contribution is -2.32. The number of nitriles is 1. The second-order valence-electron chi connectivity index (χ2n) is 8.40. The van der Waals surface area contributed by atoms with Crippen molar-refractivity contribution in [1.82, 2.24) is 9.97 Å². The highest BCUT2D eigenvalue weighted by atomic mass is 16.5. The summed E-state index contributed by atoms with van der Waals surface area (Å²) in [5, 5.41) is 26.2. The summed E-state index contributed by atoms with van der Waals surface area (Å²) in [6.07, 6.45) is 5.93. The maximum atomic E-state index is 10.1. The minimum atomic E-state index is -0.899. The standard InChI is InChI=1S/C21H26BN5O2/c1-13-12-24-20(27-19(13)26-18-7-5-4-6-14(18)11-23)25-15-8-9-17-16(10-15)21(2,3)29-22(17)28/h8-10,12,14,18,28H,4-7H2,1-3H3,(H2,24,25,26,27)/t14?,18-/m0/s1. The van der Waals surface area contributed by atoms with E-state index in [9.17, 15) is 10.3 Å². The summed E-state index contributed by atoms with van der Waals surface area (Å²) in [7, 11) is -0.899. The van der Waals surface area contributed by atoms with Gasteiger partial charge >= 0.3 is 7.12 Å². The van der Waals surface area contributed by atoms with E-state index in [2.05, 4.69) is 26.7 Å². The van der Waals surface area contributed by atoms with Crippen LogP contribution in [0.25, 0.3) is 0 Å². The first-order valence-corrected chi connectivity index (χ1v) is 10.1. The Kier molecular flexibility index (Phi) is 5.20. The highest BCUT2D eigenvalue weighted by Crippen LogP contribution is 2.32. The number of benzene rings is 1. The third-order valence-electron chi connectivity index (χ3n) is 5.86. The molecule has 0 amide bonds. The molecule has 3 N–H and O–H groups in total. The van der Waals surface area contributed by atoms with Gasteiger partial charge in [0.15, 0.2) is 0 Å². The number of nitrogens with one attached hydrogen (secondary N) is 2. The van der Waals surface area contributed by atoms with E-state index in [1.807, 2.05) is 39.0 Å². The van der Waals surface area contributed by atoms with Crippen molar-refractivity contribution in [1.29, 1.82) is 5.26 Å². The largest absolute Gasteiger partial charge is 0.492 e. The first-order chi connectivity index (χ1) is 13.9. The molecule has 2 aliphatic rings. The summed E-state index contributed by atoms with van der Waals surface area (Å²) in [6.45, 7) is 5.84. The topological polar surface area (TPSA) is 103 Å². The lowest BCUT2D eigenvalue weighted by molar-refractivity contribution is 0.101. The SMILES string of the molecule is Cc1cnc(Nc2ccc3c(c2)C(C)(C)OB3O)nc1N[C@H]1CCCCC1C#N. The third kappa shape index (κ3) is 3.93. The summed E-state index contributed by atoms with van der Waals surface area (Å²) in [5.41, 5.74) is 2.95. The molecule has 29 heavy (non-hydrogen) atoms. The number of anilines is 3. The van der Waals surface area contributed by atoms with Gasteiger partial charge in [-0.15, -0.1) is 0 Å². The first kappa shape index (κ1) is 19.7. The molecule has 0 spiro atoms. The molecule has 2 aromatic rings. The minimum Gasteiger partial charge on any atom is -0.423 e. The molecule has 1 fully saturated rings. The number of aryl methyl sites for hydroxylation is 1. The van der Waals surface area contributed by atoms with Gasteiger partial charge in [0.1, 0.15) is 5.82 Å². The number of fused-ring (bicyclic) bond motifs is 1. The fourth-order valence-electron chi connectivity index (χ4n) is 4.19. The molecule has 1 unspecified atom stereocenters. The zero-order chi connectivity index (χ0) is 20.6. The van der Waals surface area contributed by atoms with Gasteiger partial charge in [-0.3, -0.25) is 0 Å². The van der Waals surface area contributed by atoms with Crippen LogP contribution < -0.4 is 16.1 Å². The normalized spacial score (nSPS) is 22.7. The summed E-state index contributed by atoms with van der Waals surface area (Å²) in [5.74, 6) is 1.26. The monoisotopic (exact) mass is 391 g/mol. The van der Waals surface area contributed by atoms with E-state index in [0.717, 1.165) is 53.8 Å². The first-order valence-electron chi connectivity index (χ1n) is 10.1. The summed E-state index contributed by atoms with van der Waals surface area (Å²) < 4.78 is 5.62. The zero-order valence-corrected chi connectivity index (χ0v) is 17.1. The molecule has 2 atom stereocenters. The van der Waals surface area contributed by atoms with Gasteiger partial charge in [0.2, 0.25) is 5.95 Å². The molecule has 1 aliphatic heterocycles. The average Bonchev–Trinajstić information content (AvgIpc) is 2.93. The van der Waals surface area contributed by atoms with Crippen LogP contribution in [0.4, 0.5) is 17.5 Å². The summed E-state index contributed by atoms with van der Waals surface area (Å²) in [4.78, 5) is 9.06. The van der Waals surface area contributed by atoms with Gasteiger partial charge in [-0.1, -0.05) is 18.9 Å². The number of rotatable bonds is 4. The minimum absolute atomic E-state index is 0.0138. The van der Waals surface area contributed by atoms with Crippen LogP contribution in [-0.4, -0.2) is 28.2 Å². The molecule has 0 bridgehead atoms. The molecule has 0 radical (unpaired) electrons. The van der Waals surface area contributed by atoms with Gasteiger partial charge in [0.05, 0.1) is 17.6 Å². The van der Waals surface area contributed by atoms with Crippen LogP contribution in [0.1, 0.15) is 50.7 Å². The number of aromatic nitrogens is 2. The molecule has 2 heterocycles. The van der Waals surface area contributed by atoms with Crippen molar-refractivity contribution in [3.8, 4) is 6.07 Å². The molecule has 150 valence electrons. The van der Waals surface area contributed by atoms with E-state index < -0.39 is 12.7 Å². The smallest absolute Gasteiger partial charge is 0.423 e. The Balaban J connectivity index is 1.55. The van der Waals surface area contributed by atoms with E-state index >= 15 is 0 Å². The van der Waals surface area contributed by atoms with Gasteiger partial charge < -0.3 is 20.3 Å². The quantitative estimate of drug-likeness (QED) is 0.689. The predicted molar refractivity (Wildman–Crippen MR) is 113 cm³/mol. The number of hydrogen-bond donors (Lipinski definition) is 3. The second kappa shape index (κ2) is 7.66. The molecular weight excluding hydrogens is 365 g/mol. The van der Waals surface area contributed by atoms with E-state index in [1.54, 1.807) is 6.20 Å². The van der Waals surface area contributed by atoms with E-state index in [0.29, 0.717) is 5.95 Å². The zero-order valence-electron chi connectivity index (χ0n) is 17.1. The second-order valence-corrected chi connectivity index (χ2v) is 8.40. The van der Waals surface area contributed by atoms with Gasteiger partial charge in [-0.25, -0.2) is 4.98 Å². The number of nitrogens with zero attached hydrogens (tertiary/aromatic N) is 3. The molecular formula is C21H26BN5O2. The van der Waals surface area contributed by atoms with Crippen molar-refractivity contribution in [2.75, 3.05) is 10.6 Å². The van der Waals surface area contributed by atoms with E-state index in [4.69, 9.17) is 4.65 Å². The van der Waals surface area contributed by atoms with Crippen molar-refractivity contribution >= 4 is 30.0 Å². The van der Waals surface area contributed by atoms with Crippen LogP contribution in [0.5, 0.6) is 0 Å². The molecule has 1 aliphatic carbocycles. The molecule has 8 heteroatoms. The summed E-state index contributed by atoms with van der Waals surface area (Å²) in [6, 6.07) is 8.27. The highest BCUT2D eigenvalue weighted by Gasteiger charge is 2.40. The van der Waals surface area contributed by atoms with Crippen LogP contribution in [0.2, 0.25) is 0 Å². The van der Waals surface area contributed by atoms with Gasteiger partial charge in [-0.2, -0.15) is 10.2 Å². The van der Waals surface area contributed by atoms with Crippen LogP contribution in [0, 0.1) is 24.2 Å². The lowest BCUT2D eigenvalue weighted by Gasteiger charge is -2.28. The van der Waals surface area contributed by atoms with Crippen LogP contribution in [0.15, 0.2) is 24.4 Å². The fourth-order valence-corrected chi connectivity index (χ4v) is 4.19.